The van der Waals surface area contributed by atoms with Gasteiger partial charge < -0.3 is 5.73 Å². The van der Waals surface area contributed by atoms with Gasteiger partial charge in [0.15, 0.2) is 5.65 Å². The Morgan fingerprint density at radius 3 is 3.05 bits per heavy atom. The van der Waals surface area contributed by atoms with Crippen LogP contribution in [-0.2, 0) is 6.42 Å². The predicted octanol–water partition coefficient (Wildman–Crippen LogP) is 2.17. The lowest BCUT2D eigenvalue weighted by Gasteiger charge is -2.07. The van der Waals surface area contributed by atoms with Crippen LogP contribution in [0.25, 0.3) is 11.3 Å². The summed E-state index contributed by atoms with van der Waals surface area (Å²) in [5.74, 6) is -0.269. The van der Waals surface area contributed by atoms with Crippen molar-refractivity contribution in [2.75, 3.05) is 0 Å². The molecule has 6 heteroatoms. The fraction of sp³-hybridized carbons (Fsp3) is 0.133. The number of aromatic nitrogens is 4. The molecule has 3 aromatic rings. The summed E-state index contributed by atoms with van der Waals surface area (Å²) in [5, 5.41) is 4.12. The van der Waals surface area contributed by atoms with Gasteiger partial charge >= 0.3 is 0 Å². The average Bonchev–Trinajstić information content (AvgIpc) is 2.95. The highest BCUT2D eigenvalue weighted by atomic mass is 19.1. The molecule has 2 aromatic heterocycles. The van der Waals surface area contributed by atoms with Crippen LogP contribution in [0.4, 0.5) is 4.39 Å². The molecule has 0 unspecified atom stereocenters. The molecule has 1 aromatic carbocycles. The number of halogens is 1. The Morgan fingerprint density at radius 1 is 1.43 bits per heavy atom. The number of allylic oxidation sites excluding steroid dienone is 1. The normalized spacial score (nSPS) is 12.0. The third-order valence-corrected chi connectivity index (χ3v) is 3.20. The lowest BCUT2D eigenvalue weighted by Crippen LogP contribution is -2.07. The number of nitrogens with two attached hydrogens (primary N) is 1. The number of benzene rings is 1. The fourth-order valence-corrected chi connectivity index (χ4v) is 2.14. The summed E-state index contributed by atoms with van der Waals surface area (Å²) >= 11 is 0. The van der Waals surface area contributed by atoms with E-state index in [0.717, 1.165) is 5.56 Å². The third-order valence-electron chi connectivity index (χ3n) is 3.20. The minimum atomic E-state index is -0.269. The minimum absolute atomic E-state index is 0.269. The third kappa shape index (κ3) is 2.60. The van der Waals surface area contributed by atoms with Crippen LogP contribution in [-0.4, -0.2) is 19.6 Å². The Hall–Kier alpha value is -2.76. The highest BCUT2D eigenvalue weighted by molar-refractivity contribution is 5.60. The SMILES string of the molecule is C/C=C(\N)c1cn2ncnc2c(Cc2cccc(F)c2)n1. The Morgan fingerprint density at radius 2 is 2.29 bits per heavy atom. The first-order chi connectivity index (χ1) is 10.2. The molecule has 106 valence electrons. The maximum atomic E-state index is 13.3. The molecule has 5 nitrogen and oxygen atoms in total. The average molecular weight is 283 g/mol. The molecule has 0 aliphatic rings. The van der Waals surface area contributed by atoms with Crippen LogP contribution in [0, 0.1) is 5.82 Å². The molecular formula is C15H14FN5. The van der Waals surface area contributed by atoms with Crippen LogP contribution in [0.3, 0.4) is 0 Å². The van der Waals surface area contributed by atoms with Crippen molar-refractivity contribution in [3.05, 3.63) is 65.6 Å². The van der Waals surface area contributed by atoms with Crippen molar-refractivity contribution in [2.24, 2.45) is 5.73 Å². The van der Waals surface area contributed by atoms with Gasteiger partial charge in [-0.05, 0) is 24.6 Å². The van der Waals surface area contributed by atoms with Gasteiger partial charge in [-0.2, -0.15) is 5.10 Å². The Bertz CT molecular complexity index is 822. The van der Waals surface area contributed by atoms with E-state index >= 15 is 0 Å². The summed E-state index contributed by atoms with van der Waals surface area (Å²) in [6.45, 7) is 1.84. The highest BCUT2D eigenvalue weighted by Crippen LogP contribution is 2.15. The van der Waals surface area contributed by atoms with Crippen LogP contribution in [0.15, 0.2) is 42.9 Å². The molecule has 0 aliphatic heterocycles. The number of nitrogens with zero attached hydrogens (tertiary/aromatic N) is 4. The van der Waals surface area contributed by atoms with Gasteiger partial charge in [0.1, 0.15) is 17.8 Å². The Labute approximate surface area is 121 Å². The second kappa shape index (κ2) is 5.32. The second-order valence-electron chi connectivity index (χ2n) is 4.65. The summed E-state index contributed by atoms with van der Waals surface area (Å²) in [6, 6.07) is 6.43. The van der Waals surface area contributed by atoms with Gasteiger partial charge in [-0.1, -0.05) is 18.2 Å². The zero-order chi connectivity index (χ0) is 14.8. The summed E-state index contributed by atoms with van der Waals surface area (Å²) < 4.78 is 14.9. The van der Waals surface area contributed by atoms with Crippen LogP contribution in [0.5, 0.6) is 0 Å². The number of rotatable bonds is 3. The van der Waals surface area contributed by atoms with Gasteiger partial charge in [0.2, 0.25) is 0 Å². The predicted molar refractivity (Wildman–Crippen MR) is 77.8 cm³/mol. The van der Waals surface area contributed by atoms with Crippen LogP contribution in [0.1, 0.15) is 23.9 Å². The van der Waals surface area contributed by atoms with Crippen molar-refractivity contribution in [3.8, 4) is 0 Å². The highest BCUT2D eigenvalue weighted by Gasteiger charge is 2.11. The smallest absolute Gasteiger partial charge is 0.177 e. The molecule has 0 spiro atoms. The van der Waals surface area contributed by atoms with E-state index in [0.29, 0.717) is 29.2 Å². The first kappa shape index (κ1) is 13.2. The van der Waals surface area contributed by atoms with E-state index in [-0.39, 0.29) is 5.82 Å². The van der Waals surface area contributed by atoms with E-state index in [9.17, 15) is 4.39 Å². The van der Waals surface area contributed by atoms with Crippen molar-refractivity contribution in [2.45, 2.75) is 13.3 Å². The number of hydrogen-bond donors (Lipinski definition) is 1. The van der Waals surface area contributed by atoms with E-state index in [1.807, 2.05) is 13.0 Å². The number of fused-ring (bicyclic) bond motifs is 1. The van der Waals surface area contributed by atoms with Gasteiger partial charge in [-0.25, -0.2) is 18.9 Å². The lowest BCUT2D eigenvalue weighted by molar-refractivity contribution is 0.626. The molecular weight excluding hydrogens is 269 g/mol. The van der Waals surface area contributed by atoms with E-state index in [1.165, 1.54) is 18.5 Å². The van der Waals surface area contributed by atoms with Crippen molar-refractivity contribution in [1.29, 1.82) is 0 Å². The lowest BCUT2D eigenvalue weighted by atomic mass is 10.1. The molecule has 0 atom stereocenters. The van der Waals surface area contributed by atoms with Gasteiger partial charge in [-0.3, -0.25) is 0 Å². The molecule has 0 aliphatic carbocycles. The van der Waals surface area contributed by atoms with Gasteiger partial charge in [0, 0.05) is 6.42 Å². The fourth-order valence-electron chi connectivity index (χ4n) is 2.14. The molecule has 2 N–H and O–H groups in total. The van der Waals surface area contributed by atoms with E-state index in [1.54, 1.807) is 22.9 Å². The molecule has 0 fully saturated rings. The van der Waals surface area contributed by atoms with Crippen molar-refractivity contribution in [3.63, 3.8) is 0 Å². The first-order valence-corrected chi connectivity index (χ1v) is 6.53. The zero-order valence-electron chi connectivity index (χ0n) is 11.5. The molecule has 0 saturated heterocycles. The van der Waals surface area contributed by atoms with Gasteiger partial charge in [0.25, 0.3) is 0 Å². The standard InChI is InChI=1S/C15H14FN5/c1-2-12(17)14-8-21-15(18-9-19-21)13(20-14)7-10-4-3-5-11(16)6-10/h2-6,8-9H,7,17H2,1H3/b12-2-. The van der Waals surface area contributed by atoms with Crippen molar-refractivity contribution >= 4 is 11.3 Å². The molecule has 0 radical (unpaired) electrons. The zero-order valence-corrected chi connectivity index (χ0v) is 11.5. The van der Waals surface area contributed by atoms with Crippen molar-refractivity contribution < 1.29 is 4.39 Å². The Balaban J connectivity index is 2.10. The van der Waals surface area contributed by atoms with E-state index < -0.39 is 0 Å². The summed E-state index contributed by atoms with van der Waals surface area (Å²) in [4.78, 5) is 8.73. The van der Waals surface area contributed by atoms with Gasteiger partial charge in [0.05, 0.1) is 17.6 Å². The summed E-state index contributed by atoms with van der Waals surface area (Å²) in [6.07, 6.45) is 5.43. The monoisotopic (exact) mass is 283 g/mol. The molecule has 3 rings (SSSR count). The summed E-state index contributed by atoms with van der Waals surface area (Å²) in [5.41, 5.74) is 9.28. The van der Waals surface area contributed by atoms with Gasteiger partial charge in [-0.15, -0.1) is 0 Å². The van der Waals surface area contributed by atoms with Crippen LogP contribution < -0.4 is 5.73 Å². The molecule has 0 amide bonds. The molecule has 2 heterocycles. The largest absolute Gasteiger partial charge is 0.397 e. The van der Waals surface area contributed by atoms with E-state index in [4.69, 9.17) is 5.73 Å². The maximum Gasteiger partial charge on any atom is 0.177 e. The second-order valence-corrected chi connectivity index (χ2v) is 4.65. The first-order valence-electron chi connectivity index (χ1n) is 6.53. The summed E-state index contributed by atoms with van der Waals surface area (Å²) in [7, 11) is 0. The molecule has 21 heavy (non-hydrogen) atoms. The Kier molecular flexibility index (Phi) is 3.35. The van der Waals surface area contributed by atoms with E-state index in [2.05, 4.69) is 15.1 Å². The quantitative estimate of drug-likeness (QED) is 0.800. The maximum absolute atomic E-state index is 13.3. The van der Waals surface area contributed by atoms with Crippen LogP contribution >= 0.6 is 0 Å². The van der Waals surface area contributed by atoms with Crippen molar-refractivity contribution in [1.82, 2.24) is 19.6 Å². The topological polar surface area (TPSA) is 69.1 Å². The molecule has 0 bridgehead atoms. The molecule has 0 saturated carbocycles. The van der Waals surface area contributed by atoms with Crippen LogP contribution in [0.2, 0.25) is 0 Å². The minimum Gasteiger partial charge on any atom is -0.397 e. The number of hydrogen-bond acceptors (Lipinski definition) is 4.